The van der Waals surface area contributed by atoms with Crippen LogP contribution >= 0.6 is 11.8 Å². The molecule has 0 radical (unpaired) electrons. The summed E-state index contributed by atoms with van der Waals surface area (Å²) in [6, 6.07) is 8.01. The number of ether oxygens (including phenoxy) is 1. The average Bonchev–Trinajstić information content (AvgIpc) is 3.88. The van der Waals surface area contributed by atoms with E-state index in [1.807, 2.05) is 24.3 Å². The number of aromatic hydroxyl groups is 1. The third-order valence-electron chi connectivity index (χ3n) is 11.3. The number of hydrogen-bond acceptors (Lipinski definition) is 12. The van der Waals surface area contributed by atoms with E-state index in [1.165, 1.54) is 29.8 Å². The number of likely N-dealkylation sites (N-methyl/N-ethyl adjacent to an activating group) is 1. The summed E-state index contributed by atoms with van der Waals surface area (Å²) in [5.74, 6) is -2.87. The molecule has 66 heavy (non-hydrogen) atoms. The van der Waals surface area contributed by atoms with Gasteiger partial charge in [-0.15, -0.1) is 0 Å². The van der Waals surface area contributed by atoms with Crippen molar-refractivity contribution >= 4 is 52.4 Å². The number of urea groups is 1. The van der Waals surface area contributed by atoms with Crippen molar-refractivity contribution in [2.24, 2.45) is 0 Å². The number of carbonyl (C=O) groups is 5. The fourth-order valence-electron chi connectivity index (χ4n) is 7.52. The summed E-state index contributed by atoms with van der Waals surface area (Å²) in [5.41, 5.74) is 0.662. The van der Waals surface area contributed by atoms with Crippen molar-refractivity contribution in [3.8, 4) is 5.75 Å². The second-order valence-corrected chi connectivity index (χ2v) is 17.1. The molecule has 0 bridgehead atoms. The van der Waals surface area contributed by atoms with Gasteiger partial charge in [0.25, 0.3) is 5.56 Å². The van der Waals surface area contributed by atoms with Crippen LogP contribution in [-0.4, -0.2) is 126 Å². The number of para-hydroxylation sites is 1. The van der Waals surface area contributed by atoms with Crippen molar-refractivity contribution in [1.29, 1.82) is 0 Å². The Morgan fingerprint density at radius 3 is 2.45 bits per heavy atom. The van der Waals surface area contributed by atoms with E-state index >= 15 is 0 Å². The van der Waals surface area contributed by atoms with Gasteiger partial charge in [0, 0.05) is 55.5 Å². The number of benzene rings is 2. The quantitative estimate of drug-likeness (QED) is 0.0476. The number of carboxylic acid groups (broad SMARTS) is 1. The van der Waals surface area contributed by atoms with Gasteiger partial charge in [-0.25, -0.2) is 14.4 Å². The van der Waals surface area contributed by atoms with E-state index in [9.17, 15) is 48.9 Å². The number of aliphatic hydroxyl groups excluding tert-OH is 1. The van der Waals surface area contributed by atoms with E-state index in [1.54, 1.807) is 37.6 Å². The molecule has 356 valence electrons. The van der Waals surface area contributed by atoms with Crippen LogP contribution < -0.4 is 37.8 Å². The maximum absolute atomic E-state index is 14.4. The predicted octanol–water partition coefficient (Wildman–Crippen LogP) is 1.80. The summed E-state index contributed by atoms with van der Waals surface area (Å²) >= 11 is 1.39. The molecule has 1 aliphatic heterocycles. The Balaban J connectivity index is 1.38. The molecule has 2 aromatic carbocycles. The van der Waals surface area contributed by atoms with Crippen molar-refractivity contribution in [1.82, 2.24) is 46.0 Å². The van der Waals surface area contributed by atoms with Crippen molar-refractivity contribution in [2.75, 3.05) is 25.6 Å². The largest absolute Gasteiger partial charge is 0.508 e. The normalized spacial score (nSPS) is 17.5. The Labute approximate surface area is 385 Å². The molecule has 5 rings (SSSR count). The second-order valence-electron chi connectivity index (χ2n) is 16.1. The van der Waals surface area contributed by atoms with Crippen molar-refractivity contribution < 1.29 is 44.0 Å². The minimum Gasteiger partial charge on any atom is -0.508 e. The van der Waals surface area contributed by atoms with E-state index in [0.29, 0.717) is 23.4 Å². The number of amides is 5. The van der Waals surface area contributed by atoms with E-state index in [-0.39, 0.29) is 37.2 Å². The Morgan fingerprint density at radius 1 is 0.985 bits per heavy atom. The number of hydrogen-bond donors (Lipinski definition) is 10. The molecule has 5 unspecified atom stereocenters. The summed E-state index contributed by atoms with van der Waals surface area (Å²) < 4.78 is 6.77. The van der Waals surface area contributed by atoms with Gasteiger partial charge in [-0.3, -0.25) is 28.7 Å². The lowest BCUT2D eigenvalue weighted by molar-refractivity contribution is -0.139. The molecular formula is C45H59N9O11S. The molecule has 1 saturated heterocycles. The van der Waals surface area contributed by atoms with E-state index in [0.717, 1.165) is 53.2 Å². The van der Waals surface area contributed by atoms with Crippen LogP contribution in [0.25, 0.3) is 10.9 Å². The van der Waals surface area contributed by atoms with Crippen molar-refractivity contribution in [3.63, 3.8) is 0 Å². The van der Waals surface area contributed by atoms with Gasteiger partial charge in [0.15, 0.2) is 0 Å². The van der Waals surface area contributed by atoms with Crippen LogP contribution in [-0.2, 0) is 36.8 Å². The highest BCUT2D eigenvalue weighted by Crippen LogP contribution is 2.30. The summed E-state index contributed by atoms with van der Waals surface area (Å²) in [4.78, 5) is 99.3. The Hall–Kier alpha value is -6.58. The number of phenolic OH excluding ortho intramolecular Hbond substituents is 1. The maximum atomic E-state index is 14.4. The van der Waals surface area contributed by atoms with E-state index in [4.69, 9.17) is 4.74 Å². The molecule has 21 heteroatoms. The van der Waals surface area contributed by atoms with Gasteiger partial charge in [0.05, 0.1) is 12.1 Å². The smallest absolute Gasteiger partial charge is 0.331 e. The topological polar surface area (TPSA) is 289 Å². The van der Waals surface area contributed by atoms with Crippen LogP contribution in [0.5, 0.6) is 5.75 Å². The van der Waals surface area contributed by atoms with Crippen molar-refractivity contribution in [2.45, 2.75) is 101 Å². The molecule has 3 heterocycles. The summed E-state index contributed by atoms with van der Waals surface area (Å²) in [7, 11) is 1.49. The van der Waals surface area contributed by atoms with Crippen LogP contribution in [0.3, 0.4) is 0 Å². The van der Waals surface area contributed by atoms with Crippen LogP contribution in [0.4, 0.5) is 4.79 Å². The first-order valence-corrected chi connectivity index (χ1v) is 23.1. The number of aliphatic hydroxyl groups is 1. The van der Waals surface area contributed by atoms with Crippen LogP contribution in [0.2, 0.25) is 0 Å². The van der Waals surface area contributed by atoms with Gasteiger partial charge in [-0.1, -0.05) is 50.1 Å². The fraction of sp³-hybridized carbons (Fsp3) is 0.444. The zero-order chi connectivity index (χ0) is 47.9. The predicted molar refractivity (Wildman–Crippen MR) is 247 cm³/mol. The first-order chi connectivity index (χ1) is 31.6. The minimum atomic E-state index is -1.48. The Bertz CT molecular complexity index is 2470. The minimum absolute atomic E-state index is 0.0295. The second kappa shape index (κ2) is 24.1. The number of carbonyl (C=O) groups excluding carboxylic acids is 4. The zero-order valence-electron chi connectivity index (χ0n) is 37.2. The highest BCUT2D eigenvalue weighted by Gasteiger charge is 2.37. The molecule has 10 N–H and O–H groups in total. The van der Waals surface area contributed by atoms with E-state index < -0.39 is 83.5 Å². The monoisotopic (exact) mass is 933 g/mol. The summed E-state index contributed by atoms with van der Waals surface area (Å²) in [6.45, 7) is 4.12. The molecule has 4 aromatic rings. The third-order valence-corrected chi connectivity index (χ3v) is 11.9. The Kier molecular flexibility index (Phi) is 18.4. The molecule has 7 atom stereocenters. The standard InChI is InChI=1S/C45H59N9O11S/c1-5-6-9-17-46-34(21-27-11-10-12-29(55)20-27)41(60)53(3)26(2)38(40(59)48-25-30-23-36(56)42(65-30)54-18-15-37(57)51-45(54)64)52-39(58)33(16-19-66-4)49-44(63)50-35(43(61)62)22-28-24-47-32-14-8-7-13-31(28)32/h7-8,10-15,18,20,24-26,33-36,38,42,46-47,55-56H,5-6,9,16-17,19,21-23H2,1-4H3,(H,48,59)(H,52,58)(H,61,62)(H2,49,50,63)(H,51,57,64)/b30-25+/t26?,33?,34?,35?,36-,38?,42-/m0/s1. The van der Waals surface area contributed by atoms with E-state index in [2.05, 4.69) is 43.5 Å². The highest BCUT2D eigenvalue weighted by molar-refractivity contribution is 7.98. The number of phenols is 1. The number of H-pyrrole nitrogens is 2. The molecule has 5 amide bonds. The lowest BCUT2D eigenvalue weighted by Crippen LogP contribution is -2.62. The van der Waals surface area contributed by atoms with Crippen LogP contribution in [0, 0.1) is 0 Å². The lowest BCUT2D eigenvalue weighted by Gasteiger charge is -2.35. The Morgan fingerprint density at radius 2 is 1.74 bits per heavy atom. The first kappa shape index (κ1) is 50.4. The van der Waals surface area contributed by atoms with Gasteiger partial charge >= 0.3 is 17.7 Å². The third kappa shape index (κ3) is 13.7. The van der Waals surface area contributed by atoms with Gasteiger partial charge < -0.3 is 56.5 Å². The van der Waals surface area contributed by atoms with Gasteiger partial charge in [-0.2, -0.15) is 11.8 Å². The number of aliphatic carboxylic acids is 1. The molecular weight excluding hydrogens is 875 g/mol. The summed E-state index contributed by atoms with van der Waals surface area (Å²) in [5, 5.41) is 45.4. The molecule has 2 aromatic heterocycles. The van der Waals surface area contributed by atoms with Gasteiger partial charge in [0.2, 0.25) is 23.9 Å². The molecule has 1 fully saturated rings. The highest BCUT2D eigenvalue weighted by atomic mass is 32.2. The first-order valence-electron chi connectivity index (χ1n) is 21.7. The number of fused-ring (bicyclic) bond motifs is 1. The molecule has 0 saturated carbocycles. The number of rotatable bonds is 23. The number of carboxylic acids is 1. The number of aromatic nitrogens is 3. The van der Waals surface area contributed by atoms with Crippen LogP contribution in [0.15, 0.2) is 88.5 Å². The van der Waals surface area contributed by atoms with Crippen molar-refractivity contribution in [3.05, 3.63) is 111 Å². The average molecular weight is 934 g/mol. The zero-order valence-corrected chi connectivity index (χ0v) is 38.1. The molecule has 20 nitrogen and oxygen atoms in total. The fourth-order valence-corrected chi connectivity index (χ4v) is 7.99. The molecule has 0 aliphatic carbocycles. The summed E-state index contributed by atoms with van der Waals surface area (Å²) in [6.07, 6.45) is 6.03. The number of aromatic amines is 2. The lowest BCUT2D eigenvalue weighted by atomic mass is 10.0. The molecule has 1 aliphatic rings. The maximum Gasteiger partial charge on any atom is 0.331 e. The van der Waals surface area contributed by atoms with Gasteiger partial charge in [-0.05, 0) is 74.1 Å². The van der Waals surface area contributed by atoms with Gasteiger partial charge in [0.1, 0.15) is 35.7 Å². The number of unbranched alkanes of at least 4 members (excludes halogenated alkanes) is 2. The SMILES string of the molecule is CCCCCNC(Cc1cccc(O)c1)C(=O)N(C)C(C)C(NC(=O)C(CCSC)NC(=O)NC(Cc1c[nH]c2ccccc12)C(=O)O)C(=O)N/C=C1\C[C@H](O)[C@@H](n2ccc(=O)[nH]c2=O)O1. The van der Waals surface area contributed by atoms with Crippen LogP contribution in [0.1, 0.15) is 63.3 Å². The number of nitrogens with zero attached hydrogens (tertiary/aromatic N) is 2. The molecule has 0 spiro atoms. The number of nitrogens with one attached hydrogen (secondary N) is 7. The number of thioether (sulfide) groups is 1.